The zero-order chi connectivity index (χ0) is 19.7. The Balaban J connectivity index is 1.45. The van der Waals surface area contributed by atoms with Crippen molar-refractivity contribution in [3.8, 4) is 0 Å². The quantitative estimate of drug-likeness (QED) is 0.769. The average Bonchev–Trinajstić information content (AvgIpc) is 2.87. The van der Waals surface area contributed by atoms with Crippen molar-refractivity contribution in [2.24, 2.45) is 0 Å². The first-order valence-electron chi connectivity index (χ1n) is 10.3. The van der Waals surface area contributed by atoms with Gasteiger partial charge in [-0.2, -0.15) is 0 Å². The van der Waals surface area contributed by atoms with Gasteiger partial charge in [-0.1, -0.05) is 11.6 Å². The summed E-state index contributed by atoms with van der Waals surface area (Å²) >= 11 is 5.99. The number of ether oxygens (including phenoxy) is 2. The second kappa shape index (κ2) is 8.19. The van der Waals surface area contributed by atoms with Crippen LogP contribution < -0.4 is 4.90 Å². The van der Waals surface area contributed by atoms with Crippen LogP contribution in [0.3, 0.4) is 0 Å². The number of halogens is 1. The topological polar surface area (TPSA) is 45.2 Å². The Hall–Kier alpha value is -1.34. The van der Waals surface area contributed by atoms with Crippen LogP contribution in [0.15, 0.2) is 24.3 Å². The number of piperidine rings is 1. The molecule has 3 aliphatic heterocycles. The summed E-state index contributed by atoms with van der Waals surface area (Å²) in [6.45, 7) is 10.1. The number of anilines is 1. The van der Waals surface area contributed by atoms with Gasteiger partial charge in [0, 0.05) is 35.9 Å². The molecule has 7 heteroatoms. The van der Waals surface area contributed by atoms with Crippen molar-refractivity contribution in [2.45, 2.75) is 44.4 Å². The molecule has 0 bridgehead atoms. The molecule has 0 radical (unpaired) electrons. The molecule has 1 unspecified atom stereocenters. The molecule has 1 atom stereocenters. The summed E-state index contributed by atoms with van der Waals surface area (Å²) in [5.41, 5.74) is 0.204. The van der Waals surface area contributed by atoms with Crippen molar-refractivity contribution >= 4 is 23.4 Å². The summed E-state index contributed by atoms with van der Waals surface area (Å²) in [4.78, 5) is 19.4. The summed E-state index contributed by atoms with van der Waals surface area (Å²) < 4.78 is 11.8. The first kappa shape index (κ1) is 20.0. The lowest BCUT2D eigenvalue weighted by Gasteiger charge is -2.41. The molecule has 1 amide bonds. The van der Waals surface area contributed by atoms with Crippen LogP contribution in [-0.2, 0) is 9.47 Å². The van der Waals surface area contributed by atoms with E-state index in [1.807, 2.05) is 12.1 Å². The summed E-state index contributed by atoms with van der Waals surface area (Å²) in [7, 11) is 0. The summed E-state index contributed by atoms with van der Waals surface area (Å²) in [6.07, 6.45) is 2.01. The highest BCUT2D eigenvalue weighted by atomic mass is 35.5. The average molecular weight is 408 g/mol. The first-order chi connectivity index (χ1) is 13.5. The van der Waals surface area contributed by atoms with Gasteiger partial charge in [0.25, 0.3) is 0 Å². The fourth-order valence-electron chi connectivity index (χ4n) is 4.61. The number of carbonyl (C=O) groups excluding carboxylic acids is 1. The smallest absolute Gasteiger partial charge is 0.415 e. The maximum atomic E-state index is 12.6. The summed E-state index contributed by atoms with van der Waals surface area (Å²) in [6, 6.07) is 8.45. The predicted octanol–water partition coefficient (Wildman–Crippen LogP) is 3.24. The molecule has 0 aromatic heterocycles. The number of rotatable bonds is 3. The third-order valence-corrected chi connectivity index (χ3v) is 6.49. The van der Waals surface area contributed by atoms with Crippen LogP contribution in [0.25, 0.3) is 0 Å². The SMILES string of the molecule is CC(C)N1CCC(N2CCOCC3(CN(c4ccc(Cl)cc4)C(=O)O3)C2)CC1. The highest BCUT2D eigenvalue weighted by Gasteiger charge is 2.49. The van der Waals surface area contributed by atoms with E-state index in [-0.39, 0.29) is 6.09 Å². The van der Waals surface area contributed by atoms with Gasteiger partial charge < -0.3 is 14.4 Å². The van der Waals surface area contributed by atoms with E-state index < -0.39 is 5.60 Å². The molecular formula is C21H30ClN3O3. The number of nitrogens with zero attached hydrogens (tertiary/aromatic N) is 3. The monoisotopic (exact) mass is 407 g/mol. The van der Waals surface area contributed by atoms with Gasteiger partial charge in [-0.15, -0.1) is 0 Å². The Morgan fingerprint density at radius 3 is 2.50 bits per heavy atom. The minimum atomic E-state index is -0.609. The standard InChI is InChI=1S/C21H30ClN3O3/c1-16(2)23-9-7-18(8-10-23)24-11-12-27-15-21(13-24)14-25(20(26)28-21)19-5-3-17(22)4-6-19/h3-6,16,18H,7-15H2,1-2H3. The minimum absolute atomic E-state index is 0.303. The van der Waals surface area contributed by atoms with E-state index >= 15 is 0 Å². The van der Waals surface area contributed by atoms with Crippen LogP contribution in [0.5, 0.6) is 0 Å². The second-order valence-corrected chi connectivity index (χ2v) is 8.93. The van der Waals surface area contributed by atoms with Crippen molar-refractivity contribution in [3.05, 3.63) is 29.3 Å². The van der Waals surface area contributed by atoms with Crippen molar-refractivity contribution in [1.82, 2.24) is 9.80 Å². The van der Waals surface area contributed by atoms with Gasteiger partial charge in [0.1, 0.15) is 0 Å². The summed E-state index contributed by atoms with van der Waals surface area (Å²) in [5.74, 6) is 0. The van der Waals surface area contributed by atoms with Crippen LogP contribution in [0.1, 0.15) is 26.7 Å². The van der Waals surface area contributed by atoms with Gasteiger partial charge in [-0.25, -0.2) is 4.79 Å². The third kappa shape index (κ3) is 4.15. The van der Waals surface area contributed by atoms with Gasteiger partial charge in [0.05, 0.1) is 19.8 Å². The van der Waals surface area contributed by atoms with Crippen molar-refractivity contribution in [2.75, 3.05) is 50.8 Å². The van der Waals surface area contributed by atoms with Gasteiger partial charge in [-0.3, -0.25) is 9.80 Å². The van der Waals surface area contributed by atoms with Gasteiger partial charge in [0.15, 0.2) is 5.60 Å². The molecule has 154 valence electrons. The molecule has 0 saturated carbocycles. The molecule has 3 heterocycles. The molecular weight excluding hydrogens is 378 g/mol. The fourth-order valence-corrected chi connectivity index (χ4v) is 4.74. The zero-order valence-corrected chi connectivity index (χ0v) is 17.5. The van der Waals surface area contributed by atoms with E-state index in [0.717, 1.165) is 44.7 Å². The molecule has 4 rings (SSSR count). The molecule has 3 aliphatic rings. The van der Waals surface area contributed by atoms with Crippen LogP contribution in [0, 0.1) is 0 Å². The Labute approximate surface area is 172 Å². The third-order valence-electron chi connectivity index (χ3n) is 6.23. The Kier molecular flexibility index (Phi) is 5.83. The molecule has 0 N–H and O–H groups in total. The Morgan fingerprint density at radius 1 is 1.11 bits per heavy atom. The van der Waals surface area contributed by atoms with Crippen molar-refractivity contribution in [3.63, 3.8) is 0 Å². The highest BCUT2D eigenvalue weighted by molar-refractivity contribution is 6.30. The maximum absolute atomic E-state index is 12.6. The molecule has 6 nitrogen and oxygen atoms in total. The van der Waals surface area contributed by atoms with E-state index in [2.05, 4.69) is 23.6 Å². The second-order valence-electron chi connectivity index (χ2n) is 8.50. The number of benzene rings is 1. The van der Waals surface area contributed by atoms with Crippen molar-refractivity contribution in [1.29, 1.82) is 0 Å². The number of carbonyl (C=O) groups is 1. The van der Waals surface area contributed by atoms with E-state index in [9.17, 15) is 4.79 Å². The molecule has 3 saturated heterocycles. The zero-order valence-electron chi connectivity index (χ0n) is 16.8. The lowest BCUT2D eigenvalue weighted by Crippen LogP contribution is -2.53. The van der Waals surface area contributed by atoms with E-state index in [0.29, 0.717) is 36.9 Å². The van der Waals surface area contributed by atoms with Crippen LogP contribution in [0.4, 0.5) is 10.5 Å². The van der Waals surface area contributed by atoms with E-state index in [4.69, 9.17) is 21.1 Å². The number of hydrogen-bond donors (Lipinski definition) is 0. The lowest BCUT2D eigenvalue weighted by molar-refractivity contribution is -0.0214. The predicted molar refractivity (Wildman–Crippen MR) is 110 cm³/mol. The first-order valence-corrected chi connectivity index (χ1v) is 10.7. The molecule has 28 heavy (non-hydrogen) atoms. The van der Waals surface area contributed by atoms with Crippen LogP contribution in [0.2, 0.25) is 5.02 Å². The molecule has 0 aliphatic carbocycles. The Morgan fingerprint density at radius 2 is 1.82 bits per heavy atom. The Bertz CT molecular complexity index is 691. The van der Waals surface area contributed by atoms with Gasteiger partial charge in [-0.05, 0) is 64.0 Å². The molecule has 1 aromatic carbocycles. The molecule has 1 aromatic rings. The maximum Gasteiger partial charge on any atom is 0.415 e. The highest BCUT2D eigenvalue weighted by Crippen LogP contribution is 2.32. The number of likely N-dealkylation sites (tertiary alicyclic amines) is 1. The van der Waals surface area contributed by atoms with Gasteiger partial charge >= 0.3 is 6.09 Å². The fraction of sp³-hybridized carbons (Fsp3) is 0.667. The number of hydrogen-bond acceptors (Lipinski definition) is 5. The van der Waals surface area contributed by atoms with E-state index in [1.54, 1.807) is 17.0 Å². The normalized spacial score (nSPS) is 28.1. The van der Waals surface area contributed by atoms with Gasteiger partial charge in [0.2, 0.25) is 0 Å². The summed E-state index contributed by atoms with van der Waals surface area (Å²) in [5, 5.41) is 0.655. The van der Waals surface area contributed by atoms with E-state index in [1.165, 1.54) is 0 Å². The van der Waals surface area contributed by atoms with Crippen LogP contribution >= 0.6 is 11.6 Å². The van der Waals surface area contributed by atoms with Crippen molar-refractivity contribution < 1.29 is 14.3 Å². The lowest BCUT2D eigenvalue weighted by atomic mass is 9.98. The largest absolute Gasteiger partial charge is 0.437 e. The molecule has 3 fully saturated rings. The minimum Gasteiger partial charge on any atom is -0.437 e. The van der Waals surface area contributed by atoms with Crippen LogP contribution in [-0.4, -0.2) is 79.5 Å². The molecule has 1 spiro atoms. The number of amides is 1.